The minimum Gasteiger partial charge on any atom is -0.481 e. The van der Waals surface area contributed by atoms with Gasteiger partial charge < -0.3 is 9.84 Å². The highest BCUT2D eigenvalue weighted by molar-refractivity contribution is 5.81. The molecule has 0 bridgehead atoms. The molecule has 0 aromatic carbocycles. The first kappa shape index (κ1) is 24.7. The third-order valence-electron chi connectivity index (χ3n) is 5.88. The van der Waals surface area contributed by atoms with Gasteiger partial charge >= 0.3 is 11.9 Å². The molecule has 1 N–H and O–H groups in total. The molecule has 1 aliphatic carbocycles. The van der Waals surface area contributed by atoms with Crippen molar-refractivity contribution in [2.75, 3.05) is 6.61 Å². The minimum absolute atomic E-state index is 0.294. The number of hydrogen-bond acceptors (Lipinski definition) is 3. The molecule has 0 amide bonds. The largest absolute Gasteiger partial charge is 0.481 e. The quantitative estimate of drug-likeness (QED) is 0.180. The van der Waals surface area contributed by atoms with Crippen LogP contribution in [0.1, 0.15) is 110 Å². The van der Waals surface area contributed by atoms with Crippen LogP contribution in [-0.4, -0.2) is 23.7 Å². The number of esters is 1. The normalized spacial score (nSPS) is 19.8. The Bertz CT molecular complexity index is 444. The third kappa shape index (κ3) is 11.5. The van der Waals surface area contributed by atoms with Crippen molar-refractivity contribution in [3.8, 4) is 0 Å². The molecule has 0 aromatic rings. The summed E-state index contributed by atoms with van der Waals surface area (Å²) in [4.78, 5) is 23.4. The predicted molar refractivity (Wildman–Crippen MR) is 114 cm³/mol. The average Bonchev–Trinajstić information content (AvgIpc) is 2.70. The average molecular weight is 395 g/mol. The maximum absolute atomic E-state index is 12.2. The number of carboxylic acids is 1. The van der Waals surface area contributed by atoms with Gasteiger partial charge in [0, 0.05) is 0 Å². The van der Waals surface area contributed by atoms with Gasteiger partial charge in [-0.15, -0.1) is 0 Å². The summed E-state index contributed by atoms with van der Waals surface area (Å²) in [5.74, 6) is -2.13. The fourth-order valence-electron chi connectivity index (χ4n) is 4.11. The van der Waals surface area contributed by atoms with Crippen molar-refractivity contribution in [1.29, 1.82) is 0 Å². The highest BCUT2D eigenvalue weighted by Crippen LogP contribution is 2.31. The summed E-state index contributed by atoms with van der Waals surface area (Å²) in [5.41, 5.74) is 0. The van der Waals surface area contributed by atoms with E-state index < -0.39 is 17.8 Å². The summed E-state index contributed by atoms with van der Waals surface area (Å²) in [6.45, 7) is 2.52. The molecule has 0 aromatic heterocycles. The molecule has 4 nitrogen and oxygen atoms in total. The van der Waals surface area contributed by atoms with Crippen LogP contribution in [0, 0.1) is 11.8 Å². The molecule has 1 rings (SSSR count). The summed E-state index contributed by atoms with van der Waals surface area (Å²) < 4.78 is 5.36. The number of unbranched alkanes of at least 4 members (excludes halogenated alkanes) is 11. The van der Waals surface area contributed by atoms with E-state index >= 15 is 0 Å². The van der Waals surface area contributed by atoms with Crippen molar-refractivity contribution in [2.45, 2.75) is 110 Å². The number of carbonyl (C=O) groups excluding carboxylic acids is 1. The first-order valence-corrected chi connectivity index (χ1v) is 11.7. The second kappa shape index (κ2) is 16.6. The van der Waals surface area contributed by atoms with E-state index in [1.165, 1.54) is 64.2 Å². The number of rotatable bonds is 16. The molecule has 0 saturated heterocycles. The first-order chi connectivity index (χ1) is 13.7. The van der Waals surface area contributed by atoms with Gasteiger partial charge in [0.2, 0.25) is 0 Å². The number of ether oxygens (including phenoxy) is 1. The molecule has 0 spiro atoms. The number of hydrogen-bond donors (Lipinski definition) is 1. The maximum Gasteiger partial charge on any atom is 0.309 e. The molecule has 1 saturated carbocycles. The Balaban J connectivity index is 1.89. The first-order valence-electron chi connectivity index (χ1n) is 11.7. The lowest BCUT2D eigenvalue weighted by atomic mass is 9.79. The lowest BCUT2D eigenvalue weighted by Gasteiger charge is -2.26. The topological polar surface area (TPSA) is 63.6 Å². The van der Waals surface area contributed by atoms with E-state index in [1.54, 1.807) is 0 Å². The van der Waals surface area contributed by atoms with Crippen molar-refractivity contribution in [3.63, 3.8) is 0 Å². The van der Waals surface area contributed by atoms with E-state index in [0.29, 0.717) is 19.4 Å². The second-order valence-electron chi connectivity index (χ2n) is 8.25. The van der Waals surface area contributed by atoms with Crippen molar-refractivity contribution in [3.05, 3.63) is 12.2 Å². The summed E-state index contributed by atoms with van der Waals surface area (Å²) in [6, 6.07) is 0. The SMILES string of the molecule is C/C=C/CCCCCCCCCCCCCOC(=O)C1CCCCC1C(=O)O. The summed E-state index contributed by atoms with van der Waals surface area (Å²) in [7, 11) is 0. The molecule has 0 heterocycles. The Labute approximate surface area is 172 Å². The van der Waals surface area contributed by atoms with Crippen LogP contribution in [0.25, 0.3) is 0 Å². The van der Waals surface area contributed by atoms with Crippen molar-refractivity contribution in [2.24, 2.45) is 11.8 Å². The molecule has 0 aliphatic heterocycles. The molecular weight excluding hydrogens is 352 g/mol. The van der Waals surface area contributed by atoms with Gasteiger partial charge in [0.05, 0.1) is 18.4 Å². The number of allylic oxidation sites excluding steroid dienone is 2. The van der Waals surface area contributed by atoms with E-state index in [0.717, 1.165) is 25.7 Å². The summed E-state index contributed by atoms with van der Waals surface area (Å²) in [6.07, 6.45) is 22.6. The van der Waals surface area contributed by atoms with Crippen LogP contribution in [0.3, 0.4) is 0 Å². The van der Waals surface area contributed by atoms with Crippen LogP contribution in [0.4, 0.5) is 0 Å². The van der Waals surface area contributed by atoms with Gasteiger partial charge in [-0.05, 0) is 39.0 Å². The predicted octanol–water partition coefficient (Wildman–Crippen LogP) is 6.68. The molecule has 28 heavy (non-hydrogen) atoms. The van der Waals surface area contributed by atoms with Crippen LogP contribution in [-0.2, 0) is 14.3 Å². The number of aliphatic carboxylic acids is 1. The van der Waals surface area contributed by atoms with Crippen LogP contribution in [0.15, 0.2) is 12.2 Å². The van der Waals surface area contributed by atoms with Crippen molar-refractivity contribution < 1.29 is 19.4 Å². The Morgan fingerprint density at radius 2 is 1.32 bits per heavy atom. The molecular formula is C24H42O4. The molecule has 4 heteroatoms. The zero-order valence-corrected chi connectivity index (χ0v) is 18.0. The van der Waals surface area contributed by atoms with Crippen LogP contribution in [0.2, 0.25) is 0 Å². The van der Waals surface area contributed by atoms with Crippen molar-refractivity contribution >= 4 is 11.9 Å². The Hall–Kier alpha value is -1.32. The Morgan fingerprint density at radius 3 is 1.86 bits per heavy atom. The van der Waals surface area contributed by atoms with E-state index in [1.807, 2.05) is 0 Å². The number of carboxylic acid groups (broad SMARTS) is 1. The fraction of sp³-hybridized carbons (Fsp3) is 0.833. The minimum atomic E-state index is -0.852. The molecule has 1 aliphatic rings. The zero-order valence-electron chi connectivity index (χ0n) is 18.0. The Kier molecular flexibility index (Phi) is 14.7. The van der Waals surface area contributed by atoms with Crippen molar-refractivity contribution in [1.82, 2.24) is 0 Å². The van der Waals surface area contributed by atoms with E-state index in [4.69, 9.17) is 4.74 Å². The summed E-state index contributed by atoms with van der Waals surface area (Å²) in [5, 5.41) is 9.25. The zero-order chi connectivity index (χ0) is 20.5. The van der Waals surface area contributed by atoms with Gasteiger partial charge in [-0.25, -0.2) is 0 Å². The van der Waals surface area contributed by atoms with Gasteiger partial charge in [-0.1, -0.05) is 82.8 Å². The van der Waals surface area contributed by atoms with Gasteiger partial charge in [0.25, 0.3) is 0 Å². The number of carbonyl (C=O) groups is 2. The highest BCUT2D eigenvalue weighted by Gasteiger charge is 2.36. The van der Waals surface area contributed by atoms with Gasteiger partial charge in [-0.3, -0.25) is 9.59 Å². The highest BCUT2D eigenvalue weighted by atomic mass is 16.5. The molecule has 0 radical (unpaired) electrons. The molecule has 2 atom stereocenters. The lowest BCUT2D eigenvalue weighted by Crippen LogP contribution is -2.33. The monoisotopic (exact) mass is 394 g/mol. The van der Waals surface area contributed by atoms with Gasteiger partial charge in [-0.2, -0.15) is 0 Å². The standard InChI is InChI=1S/C24H42O4/c1-2-3-4-5-6-7-8-9-10-11-12-13-14-17-20-28-24(27)22-19-16-15-18-21(22)23(25)26/h2-3,21-22H,4-20H2,1H3,(H,25,26)/b3-2+. The van der Waals surface area contributed by atoms with E-state index in [9.17, 15) is 14.7 Å². The summed E-state index contributed by atoms with van der Waals surface area (Å²) >= 11 is 0. The smallest absolute Gasteiger partial charge is 0.309 e. The maximum atomic E-state index is 12.2. The third-order valence-corrected chi connectivity index (χ3v) is 5.88. The fourth-order valence-corrected chi connectivity index (χ4v) is 4.11. The lowest BCUT2D eigenvalue weighted by molar-refractivity contribution is -0.159. The molecule has 2 unspecified atom stereocenters. The van der Waals surface area contributed by atoms with E-state index in [-0.39, 0.29) is 5.97 Å². The van der Waals surface area contributed by atoms with Gasteiger partial charge in [0.1, 0.15) is 0 Å². The Morgan fingerprint density at radius 1 is 0.821 bits per heavy atom. The van der Waals surface area contributed by atoms with Crippen LogP contribution in [0.5, 0.6) is 0 Å². The van der Waals surface area contributed by atoms with Crippen LogP contribution < -0.4 is 0 Å². The van der Waals surface area contributed by atoms with E-state index in [2.05, 4.69) is 19.1 Å². The molecule has 162 valence electrons. The van der Waals surface area contributed by atoms with Crippen LogP contribution >= 0.6 is 0 Å². The second-order valence-corrected chi connectivity index (χ2v) is 8.25. The molecule has 1 fully saturated rings. The van der Waals surface area contributed by atoms with Gasteiger partial charge in [0.15, 0.2) is 0 Å².